The second kappa shape index (κ2) is 9.45. The molecule has 0 bridgehead atoms. The third-order valence-electron chi connectivity index (χ3n) is 3.78. The van der Waals surface area contributed by atoms with Gasteiger partial charge < -0.3 is 14.2 Å². The Morgan fingerprint density at radius 2 is 1.38 bits per heavy atom. The van der Waals surface area contributed by atoms with Gasteiger partial charge in [-0.05, 0) is 54.6 Å². The van der Waals surface area contributed by atoms with Gasteiger partial charge in [-0.2, -0.15) is 0 Å². The van der Waals surface area contributed by atoms with Crippen LogP contribution < -0.4 is 9.47 Å². The molecular weight excluding hydrogens is 382 g/mol. The molecule has 29 heavy (non-hydrogen) atoms. The molecule has 3 aromatic rings. The molecule has 0 unspecified atom stereocenters. The highest BCUT2D eigenvalue weighted by Gasteiger charge is 2.13. The molecule has 0 aromatic heterocycles. The molecule has 3 rings (SSSR count). The summed E-state index contributed by atoms with van der Waals surface area (Å²) in [4.78, 5) is 24.0. The zero-order valence-electron chi connectivity index (χ0n) is 15.1. The second-order valence-corrected chi connectivity index (χ2v) is 5.84. The minimum Gasteiger partial charge on any atom is -0.490 e. The molecule has 0 amide bonds. The first-order valence-corrected chi connectivity index (χ1v) is 8.65. The summed E-state index contributed by atoms with van der Waals surface area (Å²) in [7, 11) is 0. The van der Waals surface area contributed by atoms with E-state index in [0.717, 1.165) is 18.2 Å². The highest BCUT2D eigenvalue weighted by Crippen LogP contribution is 2.16. The van der Waals surface area contributed by atoms with Crippen LogP contribution in [-0.4, -0.2) is 25.2 Å². The number of hydrogen-bond donors (Lipinski definition) is 0. The number of carbonyl (C=O) groups excluding carboxylic acids is 2. The Balaban J connectivity index is 1.49. The standard InChI is InChI=1S/C22H16F2O5/c23-19-11-8-16(14-20(19)24)22(26)29-18-9-6-15(7-10-18)21(25)28-13-12-27-17-4-2-1-3-5-17/h1-11,14H,12-13H2. The molecule has 5 nitrogen and oxygen atoms in total. The van der Waals surface area contributed by atoms with E-state index >= 15 is 0 Å². The molecular formula is C22H16F2O5. The number of ether oxygens (including phenoxy) is 3. The van der Waals surface area contributed by atoms with Crippen molar-refractivity contribution in [3.8, 4) is 11.5 Å². The quantitative estimate of drug-likeness (QED) is 0.335. The van der Waals surface area contributed by atoms with Crippen LogP contribution in [0.25, 0.3) is 0 Å². The average molecular weight is 398 g/mol. The zero-order valence-corrected chi connectivity index (χ0v) is 15.1. The van der Waals surface area contributed by atoms with E-state index in [2.05, 4.69) is 0 Å². The van der Waals surface area contributed by atoms with E-state index in [4.69, 9.17) is 14.2 Å². The molecule has 0 spiro atoms. The van der Waals surface area contributed by atoms with E-state index in [1.165, 1.54) is 24.3 Å². The zero-order chi connectivity index (χ0) is 20.6. The van der Waals surface area contributed by atoms with Gasteiger partial charge in [0.2, 0.25) is 0 Å². The molecule has 3 aromatic carbocycles. The van der Waals surface area contributed by atoms with Crippen molar-refractivity contribution in [2.24, 2.45) is 0 Å². The molecule has 0 aliphatic heterocycles. The topological polar surface area (TPSA) is 61.8 Å². The molecule has 0 fully saturated rings. The summed E-state index contributed by atoms with van der Waals surface area (Å²) in [6.07, 6.45) is 0. The number of rotatable bonds is 7. The summed E-state index contributed by atoms with van der Waals surface area (Å²) in [5.74, 6) is -2.79. The first-order valence-electron chi connectivity index (χ1n) is 8.65. The maximum atomic E-state index is 13.2. The Bertz CT molecular complexity index is 988. The third kappa shape index (κ3) is 5.62. The van der Waals surface area contributed by atoms with Crippen molar-refractivity contribution in [1.82, 2.24) is 0 Å². The van der Waals surface area contributed by atoms with E-state index in [9.17, 15) is 18.4 Å². The molecule has 0 saturated carbocycles. The average Bonchev–Trinajstić information content (AvgIpc) is 2.74. The van der Waals surface area contributed by atoms with Crippen LogP contribution >= 0.6 is 0 Å². The molecule has 7 heteroatoms. The van der Waals surface area contributed by atoms with Crippen molar-refractivity contribution < 1.29 is 32.6 Å². The van der Waals surface area contributed by atoms with Crippen molar-refractivity contribution in [2.45, 2.75) is 0 Å². The number of carbonyl (C=O) groups is 2. The van der Waals surface area contributed by atoms with Crippen molar-refractivity contribution >= 4 is 11.9 Å². The molecule has 0 saturated heterocycles. The predicted octanol–water partition coefficient (Wildman–Crippen LogP) is 4.42. The van der Waals surface area contributed by atoms with Crippen LogP contribution in [0.4, 0.5) is 8.78 Å². The van der Waals surface area contributed by atoms with Crippen molar-refractivity contribution in [2.75, 3.05) is 13.2 Å². The Morgan fingerprint density at radius 3 is 2.07 bits per heavy atom. The number of esters is 2. The summed E-state index contributed by atoms with van der Waals surface area (Å²) in [6, 6.07) is 17.5. The Kier molecular flexibility index (Phi) is 6.52. The van der Waals surface area contributed by atoms with Crippen LogP contribution in [0.5, 0.6) is 11.5 Å². The largest absolute Gasteiger partial charge is 0.490 e. The van der Waals surface area contributed by atoms with E-state index in [0.29, 0.717) is 5.75 Å². The van der Waals surface area contributed by atoms with Crippen LogP contribution in [-0.2, 0) is 4.74 Å². The number of benzene rings is 3. The molecule has 148 valence electrons. The van der Waals surface area contributed by atoms with Crippen LogP contribution in [0, 0.1) is 11.6 Å². The second-order valence-electron chi connectivity index (χ2n) is 5.84. The maximum absolute atomic E-state index is 13.2. The lowest BCUT2D eigenvalue weighted by Crippen LogP contribution is -2.12. The molecule has 0 N–H and O–H groups in total. The third-order valence-corrected chi connectivity index (χ3v) is 3.78. The SMILES string of the molecule is O=C(OCCOc1ccccc1)c1ccc(OC(=O)c2ccc(F)c(F)c2)cc1. The van der Waals surface area contributed by atoms with Crippen LogP contribution in [0.15, 0.2) is 72.8 Å². The van der Waals surface area contributed by atoms with Crippen molar-refractivity contribution in [3.05, 3.63) is 95.6 Å². The summed E-state index contributed by atoms with van der Waals surface area (Å²) >= 11 is 0. The van der Waals surface area contributed by atoms with Crippen molar-refractivity contribution in [3.63, 3.8) is 0 Å². The van der Waals surface area contributed by atoms with Crippen molar-refractivity contribution in [1.29, 1.82) is 0 Å². The highest BCUT2D eigenvalue weighted by molar-refractivity contribution is 5.92. The van der Waals surface area contributed by atoms with E-state index < -0.39 is 23.6 Å². The highest BCUT2D eigenvalue weighted by atomic mass is 19.2. The van der Waals surface area contributed by atoms with Gasteiger partial charge in [0.15, 0.2) is 11.6 Å². The first kappa shape index (κ1) is 20.0. The van der Waals surface area contributed by atoms with Crippen LogP contribution in [0.1, 0.15) is 20.7 Å². The Labute approximate surface area is 165 Å². The van der Waals surface area contributed by atoms with Crippen LogP contribution in [0.2, 0.25) is 0 Å². The summed E-state index contributed by atoms with van der Waals surface area (Å²) in [5.41, 5.74) is 0.128. The lowest BCUT2D eigenvalue weighted by molar-refractivity contribution is 0.0450. The lowest BCUT2D eigenvalue weighted by atomic mass is 10.2. The summed E-state index contributed by atoms with van der Waals surface area (Å²) in [6.45, 7) is 0.278. The van der Waals surface area contributed by atoms with Gasteiger partial charge in [0.1, 0.15) is 24.7 Å². The maximum Gasteiger partial charge on any atom is 0.343 e. The van der Waals surface area contributed by atoms with Gasteiger partial charge in [0, 0.05) is 0 Å². The monoisotopic (exact) mass is 398 g/mol. The fourth-order valence-corrected chi connectivity index (χ4v) is 2.34. The fraction of sp³-hybridized carbons (Fsp3) is 0.0909. The van der Waals surface area contributed by atoms with Gasteiger partial charge in [-0.25, -0.2) is 18.4 Å². The molecule has 0 atom stereocenters. The predicted molar refractivity (Wildman–Crippen MR) is 100.0 cm³/mol. The lowest BCUT2D eigenvalue weighted by Gasteiger charge is -2.08. The van der Waals surface area contributed by atoms with Gasteiger partial charge in [0.05, 0.1) is 11.1 Å². The van der Waals surface area contributed by atoms with Gasteiger partial charge in [-0.15, -0.1) is 0 Å². The summed E-state index contributed by atoms with van der Waals surface area (Å²) < 4.78 is 41.8. The van der Waals surface area contributed by atoms with Gasteiger partial charge in [0.25, 0.3) is 0 Å². The van der Waals surface area contributed by atoms with Crippen LogP contribution in [0.3, 0.4) is 0 Å². The van der Waals surface area contributed by atoms with Gasteiger partial charge >= 0.3 is 11.9 Å². The van der Waals surface area contributed by atoms with E-state index in [1.807, 2.05) is 18.2 Å². The minimum absolute atomic E-state index is 0.0700. The molecule has 0 aliphatic rings. The number of para-hydroxylation sites is 1. The summed E-state index contributed by atoms with van der Waals surface area (Å²) in [5, 5.41) is 0. The Hall–Kier alpha value is -3.74. The molecule has 0 heterocycles. The minimum atomic E-state index is -1.14. The molecule has 0 radical (unpaired) electrons. The number of hydrogen-bond acceptors (Lipinski definition) is 5. The fourth-order valence-electron chi connectivity index (χ4n) is 2.34. The number of halogens is 2. The van der Waals surface area contributed by atoms with Gasteiger partial charge in [-0.3, -0.25) is 0 Å². The first-order chi connectivity index (χ1) is 14.0. The molecule has 0 aliphatic carbocycles. The normalized spacial score (nSPS) is 10.3. The van der Waals surface area contributed by atoms with E-state index in [1.54, 1.807) is 12.1 Å². The Morgan fingerprint density at radius 1 is 0.690 bits per heavy atom. The smallest absolute Gasteiger partial charge is 0.343 e. The van der Waals surface area contributed by atoms with E-state index in [-0.39, 0.29) is 30.1 Å². The van der Waals surface area contributed by atoms with Gasteiger partial charge in [-0.1, -0.05) is 18.2 Å².